The van der Waals surface area contributed by atoms with Crippen LogP contribution >= 0.6 is 0 Å². The van der Waals surface area contributed by atoms with Gasteiger partial charge in [0.2, 0.25) is 5.91 Å². The Hall–Kier alpha value is -2.33. The highest BCUT2D eigenvalue weighted by Gasteiger charge is 2.24. The van der Waals surface area contributed by atoms with E-state index in [0.717, 1.165) is 42.9 Å². The van der Waals surface area contributed by atoms with Crippen molar-refractivity contribution in [1.82, 2.24) is 0 Å². The van der Waals surface area contributed by atoms with Crippen molar-refractivity contribution in [1.29, 1.82) is 0 Å². The standard InChI is InChI=1S/C19H22N2O2/c20-15-8-6-14(7-9-15)19(22)21-16-10-12-18(13-11-16)23-17-4-2-1-3-5-17/h1-5,10-15H,6-9,20H2,(H,21,22). The van der Waals surface area contributed by atoms with E-state index in [-0.39, 0.29) is 17.9 Å². The van der Waals surface area contributed by atoms with E-state index in [2.05, 4.69) is 5.32 Å². The van der Waals surface area contributed by atoms with Crippen LogP contribution in [0, 0.1) is 5.92 Å². The van der Waals surface area contributed by atoms with Gasteiger partial charge in [0.1, 0.15) is 11.5 Å². The molecule has 0 bridgehead atoms. The molecule has 0 aromatic heterocycles. The number of ether oxygens (including phenoxy) is 1. The van der Waals surface area contributed by atoms with E-state index >= 15 is 0 Å². The molecule has 23 heavy (non-hydrogen) atoms. The van der Waals surface area contributed by atoms with Crippen molar-refractivity contribution < 1.29 is 9.53 Å². The van der Waals surface area contributed by atoms with Crippen LogP contribution in [0.25, 0.3) is 0 Å². The van der Waals surface area contributed by atoms with Crippen LogP contribution in [-0.2, 0) is 4.79 Å². The number of benzene rings is 2. The number of carbonyl (C=O) groups excluding carboxylic acids is 1. The van der Waals surface area contributed by atoms with Crippen LogP contribution in [-0.4, -0.2) is 11.9 Å². The normalized spacial score (nSPS) is 20.7. The van der Waals surface area contributed by atoms with Gasteiger partial charge in [-0.1, -0.05) is 18.2 Å². The molecule has 1 fully saturated rings. The third-order valence-corrected chi connectivity index (χ3v) is 4.24. The lowest BCUT2D eigenvalue weighted by Crippen LogP contribution is -2.32. The number of para-hydroxylation sites is 1. The lowest BCUT2D eigenvalue weighted by molar-refractivity contribution is -0.120. The van der Waals surface area contributed by atoms with Gasteiger partial charge < -0.3 is 15.8 Å². The van der Waals surface area contributed by atoms with Crippen LogP contribution in [0.1, 0.15) is 25.7 Å². The number of nitrogens with two attached hydrogens (primary N) is 1. The smallest absolute Gasteiger partial charge is 0.227 e. The summed E-state index contributed by atoms with van der Waals surface area (Å²) in [6.07, 6.45) is 3.62. The second kappa shape index (κ2) is 7.29. The van der Waals surface area contributed by atoms with E-state index < -0.39 is 0 Å². The van der Waals surface area contributed by atoms with E-state index in [0.29, 0.717) is 0 Å². The molecule has 2 aromatic carbocycles. The summed E-state index contributed by atoms with van der Waals surface area (Å²) in [5, 5.41) is 2.98. The fourth-order valence-corrected chi connectivity index (χ4v) is 2.86. The summed E-state index contributed by atoms with van der Waals surface area (Å²) in [7, 11) is 0. The molecule has 0 aliphatic heterocycles. The van der Waals surface area contributed by atoms with Crippen molar-refractivity contribution in [2.45, 2.75) is 31.7 Å². The Morgan fingerprint density at radius 2 is 1.52 bits per heavy atom. The number of hydrogen-bond donors (Lipinski definition) is 2. The summed E-state index contributed by atoms with van der Waals surface area (Å²) < 4.78 is 5.74. The summed E-state index contributed by atoms with van der Waals surface area (Å²) in [5.41, 5.74) is 6.68. The molecule has 1 saturated carbocycles. The van der Waals surface area contributed by atoms with Crippen molar-refractivity contribution in [3.8, 4) is 11.5 Å². The minimum atomic E-state index is 0.0787. The maximum Gasteiger partial charge on any atom is 0.227 e. The van der Waals surface area contributed by atoms with Crippen LogP contribution in [0.15, 0.2) is 54.6 Å². The summed E-state index contributed by atoms with van der Waals surface area (Å²) in [5.74, 6) is 1.71. The van der Waals surface area contributed by atoms with Crippen LogP contribution < -0.4 is 15.8 Å². The number of amides is 1. The summed E-state index contributed by atoms with van der Waals surface area (Å²) in [6.45, 7) is 0. The molecule has 3 rings (SSSR count). The fourth-order valence-electron chi connectivity index (χ4n) is 2.86. The molecular weight excluding hydrogens is 288 g/mol. The van der Waals surface area contributed by atoms with Gasteiger partial charge in [-0.25, -0.2) is 0 Å². The predicted octanol–water partition coefficient (Wildman–Crippen LogP) is 3.93. The van der Waals surface area contributed by atoms with Crippen molar-refractivity contribution in [2.24, 2.45) is 11.7 Å². The Morgan fingerprint density at radius 1 is 0.913 bits per heavy atom. The van der Waals surface area contributed by atoms with Gasteiger partial charge in [-0.05, 0) is 62.1 Å². The SMILES string of the molecule is NC1CCC(C(=O)Nc2ccc(Oc3ccccc3)cc2)CC1. The molecule has 0 unspecified atom stereocenters. The topological polar surface area (TPSA) is 64.4 Å². The molecule has 0 saturated heterocycles. The zero-order valence-electron chi connectivity index (χ0n) is 13.1. The average Bonchev–Trinajstić information content (AvgIpc) is 2.58. The molecule has 3 N–H and O–H groups in total. The molecule has 1 aliphatic carbocycles. The molecule has 0 atom stereocenters. The predicted molar refractivity (Wildman–Crippen MR) is 91.5 cm³/mol. The van der Waals surface area contributed by atoms with Gasteiger partial charge in [0.25, 0.3) is 0 Å². The van der Waals surface area contributed by atoms with Crippen molar-refractivity contribution in [3.05, 3.63) is 54.6 Å². The number of nitrogens with one attached hydrogen (secondary N) is 1. The van der Waals surface area contributed by atoms with Gasteiger partial charge in [-0.2, -0.15) is 0 Å². The van der Waals surface area contributed by atoms with E-state index in [1.165, 1.54) is 0 Å². The Bertz CT molecular complexity index is 632. The van der Waals surface area contributed by atoms with Gasteiger partial charge >= 0.3 is 0 Å². The second-order valence-electron chi connectivity index (χ2n) is 6.04. The zero-order valence-corrected chi connectivity index (χ0v) is 13.1. The van der Waals surface area contributed by atoms with Gasteiger partial charge in [0.05, 0.1) is 0 Å². The first-order chi connectivity index (χ1) is 11.2. The molecule has 0 heterocycles. The maximum absolute atomic E-state index is 12.3. The van der Waals surface area contributed by atoms with Crippen LogP contribution in [0.4, 0.5) is 5.69 Å². The maximum atomic E-state index is 12.3. The highest BCUT2D eigenvalue weighted by Crippen LogP contribution is 2.26. The molecule has 1 amide bonds. The number of hydrogen-bond acceptors (Lipinski definition) is 3. The lowest BCUT2D eigenvalue weighted by Gasteiger charge is -2.25. The Kier molecular flexibility index (Phi) is 4.93. The summed E-state index contributed by atoms with van der Waals surface area (Å²) in [4.78, 5) is 12.3. The fraction of sp³-hybridized carbons (Fsp3) is 0.316. The van der Waals surface area contributed by atoms with Crippen molar-refractivity contribution >= 4 is 11.6 Å². The minimum Gasteiger partial charge on any atom is -0.457 e. The third kappa shape index (κ3) is 4.33. The average molecular weight is 310 g/mol. The molecule has 0 spiro atoms. The Balaban J connectivity index is 1.56. The van der Waals surface area contributed by atoms with E-state index in [9.17, 15) is 4.79 Å². The summed E-state index contributed by atoms with van der Waals surface area (Å²) in [6, 6.07) is 17.3. The molecule has 0 radical (unpaired) electrons. The quantitative estimate of drug-likeness (QED) is 0.899. The zero-order chi connectivity index (χ0) is 16.1. The van der Waals surface area contributed by atoms with Gasteiger partial charge in [0.15, 0.2) is 0 Å². The van der Waals surface area contributed by atoms with E-state index in [1.54, 1.807) is 0 Å². The first kappa shape index (κ1) is 15.6. The van der Waals surface area contributed by atoms with Crippen LogP contribution in [0.5, 0.6) is 11.5 Å². The number of anilines is 1. The van der Waals surface area contributed by atoms with Crippen LogP contribution in [0.2, 0.25) is 0 Å². The monoisotopic (exact) mass is 310 g/mol. The molecule has 1 aliphatic rings. The first-order valence-corrected chi connectivity index (χ1v) is 8.10. The van der Waals surface area contributed by atoms with Crippen molar-refractivity contribution in [3.63, 3.8) is 0 Å². The van der Waals surface area contributed by atoms with E-state index in [4.69, 9.17) is 10.5 Å². The molecule has 2 aromatic rings. The lowest BCUT2D eigenvalue weighted by atomic mass is 9.86. The summed E-state index contributed by atoms with van der Waals surface area (Å²) >= 11 is 0. The van der Waals surface area contributed by atoms with Gasteiger partial charge in [0, 0.05) is 17.6 Å². The minimum absolute atomic E-state index is 0.0787. The molecular formula is C19H22N2O2. The number of rotatable bonds is 4. The highest BCUT2D eigenvalue weighted by molar-refractivity contribution is 5.92. The van der Waals surface area contributed by atoms with Crippen LogP contribution in [0.3, 0.4) is 0 Å². The Morgan fingerprint density at radius 3 is 2.17 bits per heavy atom. The third-order valence-electron chi connectivity index (χ3n) is 4.24. The van der Waals surface area contributed by atoms with Crippen molar-refractivity contribution in [2.75, 3.05) is 5.32 Å². The number of carbonyl (C=O) groups is 1. The molecule has 120 valence electrons. The van der Waals surface area contributed by atoms with E-state index in [1.807, 2.05) is 54.6 Å². The van der Waals surface area contributed by atoms with Gasteiger partial charge in [-0.3, -0.25) is 4.79 Å². The molecule has 4 heteroatoms. The van der Waals surface area contributed by atoms with Gasteiger partial charge in [-0.15, -0.1) is 0 Å². The first-order valence-electron chi connectivity index (χ1n) is 8.10. The second-order valence-corrected chi connectivity index (χ2v) is 6.04. The largest absolute Gasteiger partial charge is 0.457 e. The Labute approximate surface area is 136 Å². The molecule has 4 nitrogen and oxygen atoms in total. The highest BCUT2D eigenvalue weighted by atomic mass is 16.5.